The van der Waals surface area contributed by atoms with E-state index in [0.717, 1.165) is 35.1 Å². The molecule has 31 heavy (non-hydrogen) atoms. The number of nitrogens with zero attached hydrogens (tertiary/aromatic N) is 3. The Morgan fingerprint density at radius 2 is 2.03 bits per heavy atom. The first kappa shape index (κ1) is 18.5. The zero-order chi connectivity index (χ0) is 21.5. The zero-order valence-corrected chi connectivity index (χ0v) is 17.0. The first-order chi connectivity index (χ1) is 14.9. The number of ether oxygens (including phenoxy) is 1. The van der Waals surface area contributed by atoms with Gasteiger partial charge in [-0.2, -0.15) is 0 Å². The highest BCUT2D eigenvalue weighted by Gasteiger charge is 2.45. The summed E-state index contributed by atoms with van der Waals surface area (Å²) in [5.41, 5.74) is 2.20. The van der Waals surface area contributed by atoms with E-state index in [0.29, 0.717) is 35.6 Å². The molecule has 1 atom stereocenters. The van der Waals surface area contributed by atoms with Gasteiger partial charge in [0.05, 0.1) is 29.0 Å². The number of benzene rings is 1. The van der Waals surface area contributed by atoms with Crippen LogP contribution in [0.25, 0.3) is 22.3 Å². The van der Waals surface area contributed by atoms with Crippen molar-refractivity contribution in [3.8, 4) is 17.1 Å². The quantitative estimate of drug-likeness (QED) is 0.384. The molecule has 158 valence electrons. The molecule has 3 aliphatic rings. The molecule has 8 nitrogen and oxygen atoms in total. The summed E-state index contributed by atoms with van der Waals surface area (Å²) in [6.45, 7) is 4.58. The monoisotopic (exact) mass is 419 g/mol. The summed E-state index contributed by atoms with van der Waals surface area (Å²) in [6, 6.07) is 7.13. The third-order valence-electron chi connectivity index (χ3n) is 6.70. The number of hydrogen-bond acceptors (Lipinski definition) is 7. The molecule has 1 unspecified atom stereocenters. The Labute approximate surface area is 177 Å². The van der Waals surface area contributed by atoms with Crippen LogP contribution in [0.5, 0.6) is 5.75 Å². The number of pyridine rings is 2. The van der Waals surface area contributed by atoms with Gasteiger partial charge in [0.25, 0.3) is 5.56 Å². The number of aromatic hydroxyl groups is 1. The summed E-state index contributed by atoms with van der Waals surface area (Å²) in [5, 5.41) is 22.3. The lowest BCUT2D eigenvalue weighted by Crippen LogP contribution is -2.44. The van der Waals surface area contributed by atoms with Gasteiger partial charge in [0.1, 0.15) is 12.4 Å². The molecule has 2 aromatic heterocycles. The van der Waals surface area contributed by atoms with Gasteiger partial charge in [-0.25, -0.2) is 9.78 Å². The van der Waals surface area contributed by atoms with Crippen LogP contribution in [0.3, 0.4) is 0 Å². The van der Waals surface area contributed by atoms with Gasteiger partial charge in [-0.3, -0.25) is 9.69 Å². The van der Waals surface area contributed by atoms with E-state index in [4.69, 9.17) is 9.72 Å². The predicted molar refractivity (Wildman–Crippen MR) is 111 cm³/mol. The fraction of sp³-hybridized carbons (Fsp3) is 0.348. The van der Waals surface area contributed by atoms with E-state index >= 15 is 0 Å². The molecule has 0 saturated carbocycles. The largest absolute Gasteiger partial charge is 0.508 e. The number of cyclic esters (lactones) is 1. The average molecular weight is 419 g/mol. The predicted octanol–water partition coefficient (Wildman–Crippen LogP) is 1.60. The number of aromatic nitrogens is 2. The first-order valence-electron chi connectivity index (χ1n) is 10.4. The molecule has 0 aliphatic carbocycles. The molecular formula is C23H21N3O5. The number of carbonyl (C=O) groups is 1. The standard InChI is InChI=1S/C23H21N3O5/c1-2-23(30)16-8-18-20-12(9-26(18)21(28)15(16)11-31-22(23)29)7-13-14(10-25-5-6-25)19(27)4-3-17(13)24-20/h3-4,7-8,27,30H,2,5-6,9-11H2,1H3. The molecule has 2 N–H and O–H groups in total. The molecule has 0 amide bonds. The van der Waals surface area contributed by atoms with E-state index < -0.39 is 11.6 Å². The van der Waals surface area contributed by atoms with Crippen LogP contribution >= 0.6 is 0 Å². The SMILES string of the molecule is CCC1(O)C(=O)OCc2c1cc1n(c2=O)Cc2cc3c(CN4CC4)c(O)ccc3nc2-1. The van der Waals surface area contributed by atoms with E-state index in [9.17, 15) is 19.8 Å². The van der Waals surface area contributed by atoms with Crippen molar-refractivity contribution in [3.63, 3.8) is 0 Å². The third-order valence-corrected chi connectivity index (χ3v) is 6.70. The lowest BCUT2D eigenvalue weighted by atomic mass is 9.86. The van der Waals surface area contributed by atoms with Crippen LogP contribution in [0.4, 0.5) is 0 Å². The molecule has 1 aromatic carbocycles. The van der Waals surface area contributed by atoms with Crippen LogP contribution < -0.4 is 5.56 Å². The number of phenols is 1. The van der Waals surface area contributed by atoms with Gasteiger partial charge in [-0.1, -0.05) is 6.92 Å². The van der Waals surface area contributed by atoms with Crippen molar-refractivity contribution in [2.24, 2.45) is 0 Å². The van der Waals surface area contributed by atoms with E-state index in [1.54, 1.807) is 29.7 Å². The molecule has 8 heteroatoms. The van der Waals surface area contributed by atoms with Crippen LogP contribution in [-0.2, 0) is 34.8 Å². The van der Waals surface area contributed by atoms with Gasteiger partial charge >= 0.3 is 5.97 Å². The Balaban J connectivity index is 1.57. The summed E-state index contributed by atoms with van der Waals surface area (Å²) >= 11 is 0. The van der Waals surface area contributed by atoms with E-state index in [1.165, 1.54) is 0 Å². The molecule has 3 aromatic rings. The number of aliphatic hydroxyl groups is 1. The van der Waals surface area contributed by atoms with Crippen molar-refractivity contribution in [2.75, 3.05) is 13.1 Å². The molecule has 0 spiro atoms. The number of phenolic OH excluding ortho intramolecular Hbond substituents is 1. The molecule has 0 radical (unpaired) electrons. The minimum absolute atomic E-state index is 0.110. The van der Waals surface area contributed by atoms with Gasteiger partial charge in [0.2, 0.25) is 0 Å². The number of fused-ring (bicyclic) bond motifs is 5. The van der Waals surface area contributed by atoms with Gasteiger partial charge in [-0.15, -0.1) is 0 Å². The lowest BCUT2D eigenvalue weighted by Gasteiger charge is -2.31. The molecule has 6 rings (SSSR count). The molecular weight excluding hydrogens is 398 g/mol. The summed E-state index contributed by atoms with van der Waals surface area (Å²) in [6.07, 6.45) is 0.110. The topological polar surface area (TPSA) is 105 Å². The fourth-order valence-corrected chi connectivity index (χ4v) is 4.72. The minimum Gasteiger partial charge on any atom is -0.508 e. The summed E-state index contributed by atoms with van der Waals surface area (Å²) < 4.78 is 6.73. The third kappa shape index (κ3) is 2.52. The molecule has 1 fully saturated rings. The highest BCUT2D eigenvalue weighted by atomic mass is 16.6. The van der Waals surface area contributed by atoms with Crippen LogP contribution in [0.2, 0.25) is 0 Å². The number of carbonyl (C=O) groups excluding carboxylic acids is 1. The smallest absolute Gasteiger partial charge is 0.343 e. The molecule has 5 heterocycles. The number of rotatable bonds is 3. The Kier molecular flexibility index (Phi) is 3.68. The second-order valence-electron chi connectivity index (χ2n) is 8.51. The summed E-state index contributed by atoms with van der Waals surface area (Å²) in [4.78, 5) is 32.6. The van der Waals surface area contributed by atoms with Crippen molar-refractivity contribution < 1.29 is 19.7 Å². The average Bonchev–Trinajstić information content (AvgIpc) is 3.52. The van der Waals surface area contributed by atoms with Crippen LogP contribution in [0, 0.1) is 0 Å². The van der Waals surface area contributed by atoms with Crippen LogP contribution in [-0.4, -0.2) is 43.7 Å². The molecule has 1 saturated heterocycles. The van der Waals surface area contributed by atoms with Crippen molar-refractivity contribution in [1.29, 1.82) is 0 Å². The fourth-order valence-electron chi connectivity index (χ4n) is 4.72. The Morgan fingerprint density at radius 1 is 1.23 bits per heavy atom. The van der Waals surface area contributed by atoms with E-state index in [2.05, 4.69) is 4.90 Å². The maximum atomic E-state index is 13.2. The highest BCUT2D eigenvalue weighted by molar-refractivity contribution is 5.89. The molecule has 0 bridgehead atoms. The normalized spacial score (nSPS) is 21.5. The number of hydrogen-bond donors (Lipinski definition) is 2. The Bertz CT molecular complexity index is 1360. The minimum atomic E-state index is -1.83. The van der Waals surface area contributed by atoms with Gasteiger partial charge < -0.3 is 19.5 Å². The Hall–Kier alpha value is -3.23. The van der Waals surface area contributed by atoms with Crippen LogP contribution in [0.15, 0.2) is 29.1 Å². The number of esters is 1. The van der Waals surface area contributed by atoms with Crippen LogP contribution in [0.1, 0.15) is 35.6 Å². The Morgan fingerprint density at radius 3 is 2.77 bits per heavy atom. The van der Waals surface area contributed by atoms with E-state index in [1.807, 2.05) is 6.07 Å². The highest BCUT2D eigenvalue weighted by Crippen LogP contribution is 2.39. The maximum Gasteiger partial charge on any atom is 0.343 e. The zero-order valence-electron chi connectivity index (χ0n) is 17.0. The first-order valence-corrected chi connectivity index (χ1v) is 10.4. The second-order valence-corrected chi connectivity index (χ2v) is 8.51. The summed E-state index contributed by atoms with van der Waals surface area (Å²) in [5.74, 6) is -0.486. The van der Waals surface area contributed by atoms with Crippen molar-refractivity contribution in [3.05, 3.63) is 56.9 Å². The van der Waals surface area contributed by atoms with Gasteiger partial charge in [0.15, 0.2) is 5.60 Å². The van der Waals surface area contributed by atoms with Gasteiger partial charge in [-0.05, 0) is 30.7 Å². The van der Waals surface area contributed by atoms with Crippen molar-refractivity contribution in [1.82, 2.24) is 14.5 Å². The van der Waals surface area contributed by atoms with Crippen molar-refractivity contribution >= 4 is 16.9 Å². The molecule has 3 aliphatic heterocycles. The second kappa shape index (κ2) is 6.15. The van der Waals surface area contributed by atoms with Crippen molar-refractivity contribution in [2.45, 2.75) is 38.6 Å². The van der Waals surface area contributed by atoms with Gasteiger partial charge in [0, 0.05) is 41.7 Å². The maximum absolute atomic E-state index is 13.2. The van der Waals surface area contributed by atoms with E-state index in [-0.39, 0.29) is 24.3 Å². The summed E-state index contributed by atoms with van der Waals surface area (Å²) in [7, 11) is 0. The lowest BCUT2D eigenvalue weighted by molar-refractivity contribution is -0.172.